The van der Waals surface area contributed by atoms with Gasteiger partial charge in [-0.05, 0) is 36.1 Å². The van der Waals surface area contributed by atoms with Gasteiger partial charge in [-0.25, -0.2) is 0 Å². The Morgan fingerprint density at radius 1 is 1.20 bits per heavy atom. The van der Waals surface area contributed by atoms with E-state index in [2.05, 4.69) is 32.9 Å². The maximum atomic E-state index is 6.36. The number of halogens is 1. The minimum atomic E-state index is -0.00588. The molecule has 1 nitrogen and oxygen atoms in total. The van der Waals surface area contributed by atoms with Gasteiger partial charge in [0.1, 0.15) is 11.9 Å². The van der Waals surface area contributed by atoms with Crippen LogP contribution in [-0.4, -0.2) is 6.10 Å². The van der Waals surface area contributed by atoms with E-state index in [4.69, 9.17) is 16.3 Å². The molecule has 0 saturated heterocycles. The summed E-state index contributed by atoms with van der Waals surface area (Å²) in [7, 11) is 0. The minimum Gasteiger partial charge on any atom is -0.489 e. The molecule has 103 valence electrons. The van der Waals surface area contributed by atoms with Crippen molar-refractivity contribution in [2.45, 2.75) is 32.3 Å². The fraction of sp³-hybridized carbons (Fsp3) is 0.278. The van der Waals surface area contributed by atoms with E-state index in [9.17, 15) is 0 Å². The van der Waals surface area contributed by atoms with Crippen molar-refractivity contribution in [2.24, 2.45) is 0 Å². The van der Waals surface area contributed by atoms with Crippen molar-refractivity contribution in [2.75, 3.05) is 0 Å². The number of hydrogen-bond donors (Lipinski definition) is 0. The smallest absolute Gasteiger partial charge is 0.130 e. The largest absolute Gasteiger partial charge is 0.489 e. The molecular formula is C18H18ClO. The first-order valence-corrected chi connectivity index (χ1v) is 7.35. The molecule has 1 heterocycles. The number of benzene rings is 2. The Balaban J connectivity index is 2.22. The molecule has 0 aromatic heterocycles. The van der Waals surface area contributed by atoms with E-state index in [-0.39, 0.29) is 6.10 Å². The quantitative estimate of drug-likeness (QED) is 0.730. The van der Waals surface area contributed by atoms with Gasteiger partial charge in [0, 0.05) is 22.6 Å². The van der Waals surface area contributed by atoms with Crippen LogP contribution in [0.3, 0.4) is 0 Å². The Morgan fingerprint density at radius 2 is 1.95 bits per heavy atom. The van der Waals surface area contributed by atoms with E-state index in [0.717, 1.165) is 28.3 Å². The molecule has 20 heavy (non-hydrogen) atoms. The summed E-state index contributed by atoms with van der Waals surface area (Å²) in [5.74, 6) is 1.42. The molecule has 2 aromatic rings. The monoisotopic (exact) mass is 285 g/mol. The number of ether oxygens (including phenoxy) is 1. The molecule has 1 atom stereocenters. The predicted molar refractivity (Wildman–Crippen MR) is 84.5 cm³/mol. The molecule has 0 spiro atoms. The van der Waals surface area contributed by atoms with Crippen LogP contribution in [0.25, 0.3) is 11.1 Å². The van der Waals surface area contributed by atoms with Crippen LogP contribution in [0.4, 0.5) is 0 Å². The van der Waals surface area contributed by atoms with Crippen LogP contribution in [0, 0.1) is 6.92 Å². The Morgan fingerprint density at radius 3 is 2.65 bits per heavy atom. The topological polar surface area (TPSA) is 9.23 Å². The second kappa shape index (κ2) is 5.14. The van der Waals surface area contributed by atoms with E-state index < -0.39 is 0 Å². The van der Waals surface area contributed by atoms with Gasteiger partial charge in [0.25, 0.3) is 0 Å². The first kappa shape index (κ1) is 13.5. The van der Waals surface area contributed by atoms with Gasteiger partial charge in [-0.2, -0.15) is 0 Å². The molecular weight excluding hydrogens is 268 g/mol. The standard InChI is InChI=1S/C18H18ClO/c1-11(2)13-9-14-8-12(3)20-18(14)16(10-13)15-6-4-5-7-17(15)19/h4-7,9-12H,3,8H2,1-2H3. The van der Waals surface area contributed by atoms with E-state index >= 15 is 0 Å². The molecule has 1 radical (unpaired) electrons. The van der Waals surface area contributed by atoms with Crippen molar-refractivity contribution >= 4 is 11.6 Å². The van der Waals surface area contributed by atoms with Gasteiger partial charge in [0.2, 0.25) is 0 Å². The van der Waals surface area contributed by atoms with Crippen LogP contribution in [0.1, 0.15) is 30.9 Å². The second-order valence-corrected chi connectivity index (χ2v) is 6.04. The molecule has 2 aromatic carbocycles. The van der Waals surface area contributed by atoms with Crippen molar-refractivity contribution in [3.8, 4) is 16.9 Å². The highest BCUT2D eigenvalue weighted by molar-refractivity contribution is 6.33. The molecule has 1 aliphatic rings. The zero-order chi connectivity index (χ0) is 14.3. The lowest BCUT2D eigenvalue weighted by molar-refractivity contribution is 0.282. The van der Waals surface area contributed by atoms with E-state index in [1.165, 1.54) is 11.1 Å². The Bertz CT molecular complexity index is 646. The van der Waals surface area contributed by atoms with Crippen LogP contribution >= 0.6 is 11.6 Å². The molecule has 0 N–H and O–H groups in total. The van der Waals surface area contributed by atoms with Crippen molar-refractivity contribution in [1.82, 2.24) is 0 Å². The number of hydrogen-bond acceptors (Lipinski definition) is 1. The molecule has 0 aliphatic carbocycles. The average Bonchev–Trinajstić information content (AvgIpc) is 2.78. The molecule has 0 fully saturated rings. The Hall–Kier alpha value is -1.47. The van der Waals surface area contributed by atoms with E-state index in [1.54, 1.807) is 0 Å². The van der Waals surface area contributed by atoms with Gasteiger partial charge in [-0.15, -0.1) is 0 Å². The third-order valence-corrected chi connectivity index (χ3v) is 4.08. The molecule has 0 bridgehead atoms. The second-order valence-electron chi connectivity index (χ2n) is 5.64. The average molecular weight is 286 g/mol. The van der Waals surface area contributed by atoms with Crippen LogP contribution in [0.2, 0.25) is 5.02 Å². The zero-order valence-electron chi connectivity index (χ0n) is 11.8. The third-order valence-electron chi connectivity index (χ3n) is 3.75. The fourth-order valence-electron chi connectivity index (χ4n) is 2.67. The molecule has 2 heteroatoms. The van der Waals surface area contributed by atoms with Crippen molar-refractivity contribution < 1.29 is 4.74 Å². The molecule has 1 unspecified atom stereocenters. The molecule has 0 saturated carbocycles. The lowest BCUT2D eigenvalue weighted by Gasteiger charge is -2.14. The van der Waals surface area contributed by atoms with Crippen LogP contribution < -0.4 is 4.74 Å². The Labute approximate surface area is 125 Å². The summed E-state index contributed by atoms with van der Waals surface area (Å²) in [5, 5.41) is 0.756. The molecule has 0 amide bonds. The van der Waals surface area contributed by atoms with Gasteiger partial charge >= 0.3 is 0 Å². The van der Waals surface area contributed by atoms with Gasteiger partial charge < -0.3 is 4.74 Å². The van der Waals surface area contributed by atoms with Gasteiger partial charge in [0.15, 0.2) is 0 Å². The highest BCUT2D eigenvalue weighted by Crippen LogP contribution is 2.43. The summed E-state index contributed by atoms with van der Waals surface area (Å²) in [6.45, 7) is 8.44. The predicted octanol–water partition coefficient (Wildman–Crippen LogP) is 5.27. The molecule has 3 rings (SSSR count). The van der Waals surface area contributed by atoms with Crippen molar-refractivity contribution in [1.29, 1.82) is 0 Å². The van der Waals surface area contributed by atoms with Crippen LogP contribution in [-0.2, 0) is 6.42 Å². The number of rotatable bonds is 2. The van der Waals surface area contributed by atoms with Crippen molar-refractivity contribution in [3.63, 3.8) is 0 Å². The maximum absolute atomic E-state index is 6.36. The maximum Gasteiger partial charge on any atom is 0.130 e. The summed E-state index contributed by atoms with van der Waals surface area (Å²) in [5.41, 5.74) is 4.67. The van der Waals surface area contributed by atoms with Gasteiger partial charge in [0.05, 0.1) is 0 Å². The SMILES string of the molecule is [CH2]C1Cc2cc(C(C)C)cc(-c3ccccc3Cl)c2O1. The first-order valence-electron chi connectivity index (χ1n) is 6.97. The zero-order valence-corrected chi connectivity index (χ0v) is 12.6. The number of fused-ring (bicyclic) bond motifs is 1. The van der Waals surface area contributed by atoms with Crippen LogP contribution in [0.15, 0.2) is 36.4 Å². The van der Waals surface area contributed by atoms with E-state index in [1.807, 2.05) is 24.3 Å². The van der Waals surface area contributed by atoms with Crippen LogP contribution in [0.5, 0.6) is 5.75 Å². The molecule has 1 aliphatic heterocycles. The lowest BCUT2D eigenvalue weighted by Crippen LogP contribution is -2.06. The van der Waals surface area contributed by atoms with Gasteiger partial charge in [-0.3, -0.25) is 0 Å². The fourth-order valence-corrected chi connectivity index (χ4v) is 2.91. The highest BCUT2D eigenvalue weighted by Gasteiger charge is 2.25. The normalized spacial score (nSPS) is 17.1. The summed E-state index contributed by atoms with van der Waals surface area (Å²) in [6, 6.07) is 12.4. The Kier molecular flexibility index (Phi) is 3.47. The van der Waals surface area contributed by atoms with Gasteiger partial charge in [-0.1, -0.05) is 49.7 Å². The highest BCUT2D eigenvalue weighted by atomic mass is 35.5. The third kappa shape index (κ3) is 2.31. The first-order chi connectivity index (χ1) is 9.56. The summed E-state index contributed by atoms with van der Waals surface area (Å²) in [4.78, 5) is 0. The summed E-state index contributed by atoms with van der Waals surface area (Å²) < 4.78 is 5.91. The summed E-state index contributed by atoms with van der Waals surface area (Å²) >= 11 is 6.36. The minimum absolute atomic E-state index is 0.00588. The van der Waals surface area contributed by atoms with E-state index in [0.29, 0.717) is 5.92 Å². The summed E-state index contributed by atoms with van der Waals surface area (Å²) in [6.07, 6.45) is 0.863. The van der Waals surface area contributed by atoms with Crippen molar-refractivity contribution in [3.05, 3.63) is 59.5 Å². The lowest BCUT2D eigenvalue weighted by atomic mass is 9.93.